The molecule has 122 valence electrons. The molecule has 4 heteroatoms. The monoisotopic (exact) mass is 330 g/mol. The van der Waals surface area contributed by atoms with E-state index in [9.17, 15) is 0 Å². The summed E-state index contributed by atoms with van der Waals surface area (Å²) in [6.45, 7) is 1.21. The van der Waals surface area contributed by atoms with Gasteiger partial charge in [0.05, 0.1) is 11.1 Å². The molecule has 2 fully saturated rings. The van der Waals surface area contributed by atoms with Crippen molar-refractivity contribution in [3.05, 3.63) is 35.6 Å². The van der Waals surface area contributed by atoms with Crippen molar-refractivity contribution in [1.29, 1.82) is 0 Å². The second kappa shape index (κ2) is 6.66. The van der Waals surface area contributed by atoms with Gasteiger partial charge in [-0.3, -0.25) is 4.98 Å². The van der Waals surface area contributed by atoms with Gasteiger partial charge >= 0.3 is 0 Å². The molecule has 0 aliphatic heterocycles. The fourth-order valence-corrected chi connectivity index (χ4v) is 3.61. The zero-order chi connectivity index (χ0) is 15.6. The summed E-state index contributed by atoms with van der Waals surface area (Å²) in [6.07, 6.45) is 11.4. The molecule has 0 atom stereocenters. The summed E-state index contributed by atoms with van der Waals surface area (Å²) in [5.41, 5.74) is 0. The van der Waals surface area contributed by atoms with Crippen LogP contribution in [-0.2, 0) is 0 Å². The first-order valence-corrected chi connectivity index (χ1v) is 9.09. The molecule has 1 heterocycles. The van der Waals surface area contributed by atoms with E-state index in [0.29, 0.717) is 11.1 Å². The van der Waals surface area contributed by atoms with Gasteiger partial charge in [0, 0.05) is 23.8 Å². The predicted octanol–water partition coefficient (Wildman–Crippen LogP) is 4.58. The second-order valence-electron chi connectivity index (χ2n) is 6.95. The Bertz CT molecular complexity index is 678. The summed E-state index contributed by atoms with van der Waals surface area (Å²) in [5, 5.41) is 6.57. The van der Waals surface area contributed by atoms with Crippen molar-refractivity contribution in [3.63, 3.8) is 0 Å². The first-order chi connectivity index (χ1) is 11.3. The Kier molecular flexibility index (Phi) is 4.41. The molecule has 0 spiro atoms. The smallest absolute Gasteiger partial charge is 0.138 e. The Morgan fingerprint density at radius 2 is 1.91 bits per heavy atom. The van der Waals surface area contributed by atoms with Crippen LogP contribution >= 0.6 is 11.6 Å². The normalized spacial score (nSPS) is 24.7. The van der Waals surface area contributed by atoms with Gasteiger partial charge in [0.15, 0.2) is 0 Å². The highest BCUT2D eigenvalue weighted by Gasteiger charge is 2.26. The Hall–Kier alpha value is -1.32. The highest BCUT2D eigenvalue weighted by Crippen LogP contribution is 2.33. The van der Waals surface area contributed by atoms with Crippen molar-refractivity contribution < 1.29 is 4.74 Å². The highest BCUT2D eigenvalue weighted by molar-refractivity contribution is 6.32. The number of halogens is 1. The first kappa shape index (κ1) is 15.2. The lowest BCUT2D eigenvalue weighted by Gasteiger charge is -2.30. The van der Waals surface area contributed by atoms with E-state index in [1.807, 2.05) is 24.4 Å². The quantitative estimate of drug-likeness (QED) is 0.871. The van der Waals surface area contributed by atoms with Gasteiger partial charge in [0.1, 0.15) is 5.75 Å². The number of hydrogen-bond acceptors (Lipinski definition) is 3. The molecule has 23 heavy (non-hydrogen) atoms. The molecule has 0 radical (unpaired) electrons. The minimum atomic E-state index is 0.283. The second-order valence-corrected chi connectivity index (χ2v) is 7.36. The number of nitrogens with zero attached hydrogens (tertiary/aromatic N) is 1. The number of ether oxygens (including phenoxy) is 1. The number of hydrogen-bond donors (Lipinski definition) is 1. The molecular formula is C19H23ClN2O. The van der Waals surface area contributed by atoms with Gasteiger partial charge in [-0.1, -0.05) is 11.6 Å². The molecule has 2 aliphatic rings. The van der Waals surface area contributed by atoms with Crippen LogP contribution in [0.2, 0.25) is 5.02 Å². The first-order valence-electron chi connectivity index (χ1n) is 8.71. The molecule has 1 N–H and O–H groups in total. The molecule has 2 saturated carbocycles. The fraction of sp³-hybridized carbons (Fsp3) is 0.526. The maximum atomic E-state index is 6.38. The zero-order valence-electron chi connectivity index (χ0n) is 13.3. The number of pyridine rings is 1. The van der Waals surface area contributed by atoms with Crippen molar-refractivity contribution >= 4 is 22.4 Å². The van der Waals surface area contributed by atoms with E-state index < -0.39 is 0 Å². The van der Waals surface area contributed by atoms with Crippen LogP contribution in [0.25, 0.3) is 10.8 Å². The lowest BCUT2D eigenvalue weighted by Crippen LogP contribution is -2.37. The van der Waals surface area contributed by atoms with Gasteiger partial charge < -0.3 is 10.1 Å². The van der Waals surface area contributed by atoms with Crippen LogP contribution in [0.3, 0.4) is 0 Å². The third-order valence-corrected chi connectivity index (χ3v) is 5.35. The van der Waals surface area contributed by atoms with Crippen molar-refractivity contribution in [2.45, 2.75) is 50.7 Å². The lowest BCUT2D eigenvalue weighted by molar-refractivity contribution is 0.139. The van der Waals surface area contributed by atoms with Crippen molar-refractivity contribution in [1.82, 2.24) is 10.3 Å². The zero-order valence-corrected chi connectivity index (χ0v) is 14.1. The maximum Gasteiger partial charge on any atom is 0.138 e. The third-order valence-electron chi connectivity index (χ3n) is 5.05. The van der Waals surface area contributed by atoms with Crippen molar-refractivity contribution in [3.8, 4) is 5.75 Å². The lowest BCUT2D eigenvalue weighted by atomic mass is 9.93. The number of aromatic nitrogens is 1. The van der Waals surface area contributed by atoms with E-state index in [0.717, 1.165) is 35.3 Å². The summed E-state index contributed by atoms with van der Waals surface area (Å²) in [5.74, 6) is 1.76. The summed E-state index contributed by atoms with van der Waals surface area (Å²) >= 11 is 6.38. The van der Waals surface area contributed by atoms with Gasteiger partial charge in [-0.25, -0.2) is 0 Å². The predicted molar refractivity (Wildman–Crippen MR) is 94.2 cm³/mol. The molecule has 1 aromatic heterocycles. The van der Waals surface area contributed by atoms with Crippen LogP contribution in [0.5, 0.6) is 5.75 Å². The molecule has 2 aromatic rings. The van der Waals surface area contributed by atoms with Gasteiger partial charge in [-0.05, 0) is 74.6 Å². The molecule has 3 nitrogen and oxygen atoms in total. The van der Waals surface area contributed by atoms with Crippen molar-refractivity contribution in [2.24, 2.45) is 5.92 Å². The van der Waals surface area contributed by atoms with Crippen LogP contribution < -0.4 is 10.1 Å². The van der Waals surface area contributed by atoms with Crippen LogP contribution in [0.1, 0.15) is 38.5 Å². The highest BCUT2D eigenvalue weighted by atomic mass is 35.5. The number of benzene rings is 1. The van der Waals surface area contributed by atoms with Crippen LogP contribution in [-0.4, -0.2) is 23.7 Å². The van der Waals surface area contributed by atoms with Crippen LogP contribution in [0, 0.1) is 5.92 Å². The van der Waals surface area contributed by atoms with E-state index in [-0.39, 0.29) is 6.10 Å². The Morgan fingerprint density at radius 3 is 2.70 bits per heavy atom. The largest absolute Gasteiger partial charge is 0.489 e. The molecule has 1 aromatic carbocycles. The number of rotatable bonds is 5. The van der Waals surface area contributed by atoms with Crippen LogP contribution in [0.15, 0.2) is 30.6 Å². The minimum Gasteiger partial charge on any atom is -0.489 e. The fourth-order valence-electron chi connectivity index (χ4n) is 3.40. The molecule has 2 aliphatic carbocycles. The van der Waals surface area contributed by atoms with E-state index >= 15 is 0 Å². The van der Waals surface area contributed by atoms with E-state index in [2.05, 4.69) is 10.3 Å². The summed E-state index contributed by atoms with van der Waals surface area (Å²) in [6, 6.07) is 6.66. The maximum absolute atomic E-state index is 6.38. The van der Waals surface area contributed by atoms with Gasteiger partial charge in [-0.15, -0.1) is 0 Å². The number of fused-ring (bicyclic) bond motifs is 1. The summed E-state index contributed by atoms with van der Waals surface area (Å²) < 4.78 is 6.20. The van der Waals surface area contributed by atoms with Gasteiger partial charge in [-0.2, -0.15) is 0 Å². The van der Waals surface area contributed by atoms with Gasteiger partial charge in [0.25, 0.3) is 0 Å². The molecule has 4 rings (SSSR count). The Morgan fingerprint density at radius 1 is 1.09 bits per heavy atom. The average Bonchev–Trinajstić information content (AvgIpc) is 3.39. The van der Waals surface area contributed by atoms with E-state index in [4.69, 9.17) is 16.3 Å². The third kappa shape index (κ3) is 3.78. The van der Waals surface area contributed by atoms with Crippen molar-refractivity contribution in [2.75, 3.05) is 6.54 Å². The SMILES string of the molecule is Clc1cc2cnccc2cc1O[C@H]1CC[C@@H](NCC2CC2)CC1. The van der Waals surface area contributed by atoms with E-state index in [1.54, 1.807) is 6.20 Å². The molecule has 0 amide bonds. The Balaban J connectivity index is 1.36. The summed E-state index contributed by atoms with van der Waals surface area (Å²) in [7, 11) is 0. The summed E-state index contributed by atoms with van der Waals surface area (Å²) in [4.78, 5) is 4.14. The minimum absolute atomic E-state index is 0.283. The number of nitrogens with one attached hydrogen (secondary N) is 1. The topological polar surface area (TPSA) is 34.1 Å². The van der Waals surface area contributed by atoms with Gasteiger partial charge in [0.2, 0.25) is 0 Å². The molecule has 0 saturated heterocycles. The average molecular weight is 331 g/mol. The standard InChI is InChI=1S/C19H23ClN2O/c20-18-9-15-12-21-8-7-14(15)10-19(18)23-17-5-3-16(4-6-17)22-11-13-1-2-13/h7-10,12-13,16-17,22H,1-6,11H2/t16-,17+. The van der Waals surface area contributed by atoms with E-state index in [1.165, 1.54) is 32.2 Å². The molecule has 0 bridgehead atoms. The Labute approximate surface area is 142 Å². The van der Waals surface area contributed by atoms with Crippen LogP contribution in [0.4, 0.5) is 0 Å². The molecule has 0 unspecified atom stereocenters. The molecular weight excluding hydrogens is 308 g/mol.